The van der Waals surface area contributed by atoms with Crippen molar-refractivity contribution in [1.29, 1.82) is 0 Å². The first kappa shape index (κ1) is 13.2. The largest absolute Gasteiger partial charge is 0.343 e. The van der Waals surface area contributed by atoms with Crippen LogP contribution < -0.4 is 10.0 Å². The fourth-order valence-corrected chi connectivity index (χ4v) is 1.79. The molecule has 0 aliphatic carbocycles. The van der Waals surface area contributed by atoms with Gasteiger partial charge in [-0.25, -0.2) is 13.4 Å². The van der Waals surface area contributed by atoms with Crippen LogP contribution in [0.15, 0.2) is 4.99 Å². The van der Waals surface area contributed by atoms with Gasteiger partial charge in [0, 0.05) is 6.54 Å². The molecule has 0 saturated heterocycles. The zero-order valence-corrected chi connectivity index (χ0v) is 10.8. The van der Waals surface area contributed by atoms with Gasteiger partial charge in [0.15, 0.2) is 0 Å². The summed E-state index contributed by atoms with van der Waals surface area (Å²) < 4.78 is 24.2. The third-order valence-corrected chi connectivity index (χ3v) is 2.77. The molecule has 0 saturated carbocycles. The van der Waals surface area contributed by atoms with Crippen LogP contribution in [0, 0.1) is 5.92 Å². The van der Waals surface area contributed by atoms with Crippen LogP contribution in [0.1, 0.15) is 20.3 Å². The first-order chi connectivity index (χ1) is 7.37. The van der Waals surface area contributed by atoms with Crippen LogP contribution in [0.4, 0.5) is 0 Å². The third-order valence-electron chi connectivity index (χ3n) is 2.20. The van der Waals surface area contributed by atoms with Crippen molar-refractivity contribution in [3.05, 3.63) is 0 Å². The second-order valence-electron chi connectivity index (χ2n) is 4.43. The first-order valence-electron chi connectivity index (χ1n) is 5.35. The molecule has 0 radical (unpaired) electrons. The lowest BCUT2D eigenvalue weighted by Gasteiger charge is -2.27. The summed E-state index contributed by atoms with van der Waals surface area (Å²) in [6.45, 7) is 6.50. The van der Waals surface area contributed by atoms with Crippen molar-refractivity contribution in [2.24, 2.45) is 10.9 Å². The molecular formula is C9H20N4O2S. The molecule has 0 unspecified atom stereocenters. The van der Waals surface area contributed by atoms with E-state index in [-0.39, 0.29) is 0 Å². The van der Waals surface area contributed by atoms with Crippen LogP contribution in [0.3, 0.4) is 0 Å². The van der Waals surface area contributed by atoms with Crippen molar-refractivity contribution in [3.63, 3.8) is 0 Å². The highest BCUT2D eigenvalue weighted by molar-refractivity contribution is 7.89. The number of nitrogens with one attached hydrogen (secondary N) is 2. The minimum Gasteiger partial charge on any atom is -0.343 e. The maximum Gasteiger partial charge on any atom is 0.232 e. The Labute approximate surface area is 97.2 Å². The Morgan fingerprint density at radius 3 is 2.69 bits per heavy atom. The quantitative estimate of drug-likeness (QED) is 0.720. The van der Waals surface area contributed by atoms with Crippen LogP contribution in [0.2, 0.25) is 0 Å². The van der Waals surface area contributed by atoms with E-state index in [4.69, 9.17) is 0 Å². The molecule has 94 valence electrons. The Hall–Kier alpha value is -0.820. The average molecular weight is 248 g/mol. The predicted molar refractivity (Wildman–Crippen MR) is 64.4 cm³/mol. The molecule has 6 nitrogen and oxygen atoms in total. The molecule has 1 rings (SSSR count). The van der Waals surface area contributed by atoms with Gasteiger partial charge >= 0.3 is 0 Å². The smallest absolute Gasteiger partial charge is 0.232 e. The van der Waals surface area contributed by atoms with Crippen LogP contribution in [-0.2, 0) is 10.0 Å². The summed E-state index contributed by atoms with van der Waals surface area (Å²) >= 11 is 0. The molecule has 7 heteroatoms. The number of hydrogen-bond donors (Lipinski definition) is 2. The summed E-state index contributed by atoms with van der Waals surface area (Å²) in [6.07, 6.45) is 2.23. The molecule has 1 aliphatic heterocycles. The molecule has 0 aromatic heterocycles. The summed E-state index contributed by atoms with van der Waals surface area (Å²) in [7, 11) is -3.23. The van der Waals surface area contributed by atoms with E-state index < -0.39 is 10.0 Å². The first-order valence-corrected chi connectivity index (χ1v) is 7.24. The van der Waals surface area contributed by atoms with Crippen molar-refractivity contribution in [2.75, 3.05) is 26.1 Å². The highest BCUT2D eigenvalue weighted by atomic mass is 32.2. The zero-order chi connectivity index (χ0) is 12.2. The van der Waals surface area contributed by atoms with E-state index >= 15 is 0 Å². The van der Waals surface area contributed by atoms with Gasteiger partial charge in [0.25, 0.3) is 0 Å². The van der Waals surface area contributed by atoms with Gasteiger partial charge in [0.2, 0.25) is 16.0 Å². The summed E-state index contributed by atoms with van der Waals surface area (Å²) in [4.78, 5) is 6.25. The lowest BCUT2D eigenvalue weighted by Crippen LogP contribution is -2.50. The van der Waals surface area contributed by atoms with E-state index in [0.717, 1.165) is 19.2 Å². The molecule has 0 spiro atoms. The highest BCUT2D eigenvalue weighted by Crippen LogP contribution is 2.02. The van der Waals surface area contributed by atoms with E-state index in [1.165, 1.54) is 0 Å². The van der Waals surface area contributed by atoms with Gasteiger partial charge in [-0.15, -0.1) is 0 Å². The second kappa shape index (κ2) is 5.49. The average Bonchev–Trinajstić information content (AvgIpc) is 2.14. The molecule has 1 heterocycles. The SMILES string of the molecule is CC(C)CCN1CN=C(NS(C)(=O)=O)NC1. The Kier molecular flexibility index (Phi) is 4.55. The number of guanidine groups is 1. The number of aliphatic imine (C=N–C) groups is 1. The van der Waals surface area contributed by atoms with Crippen molar-refractivity contribution in [1.82, 2.24) is 14.9 Å². The second-order valence-corrected chi connectivity index (χ2v) is 6.18. The van der Waals surface area contributed by atoms with Crippen molar-refractivity contribution in [2.45, 2.75) is 20.3 Å². The van der Waals surface area contributed by atoms with Gasteiger partial charge in [0.1, 0.15) is 0 Å². The summed E-state index contributed by atoms with van der Waals surface area (Å²) in [6, 6.07) is 0. The van der Waals surface area contributed by atoms with Crippen LogP contribution in [0.5, 0.6) is 0 Å². The highest BCUT2D eigenvalue weighted by Gasteiger charge is 2.14. The molecule has 16 heavy (non-hydrogen) atoms. The lowest BCUT2D eigenvalue weighted by molar-refractivity contribution is 0.248. The molecule has 2 N–H and O–H groups in total. The number of nitrogens with zero attached hydrogens (tertiary/aromatic N) is 2. The normalized spacial score (nSPS) is 18.1. The summed E-state index contributed by atoms with van der Waals surface area (Å²) in [5.74, 6) is 1.00. The standard InChI is InChI=1S/C9H20N4O2S/c1-8(2)4-5-13-6-10-9(11-7-13)12-16(3,14)15/h8H,4-7H2,1-3H3,(H2,10,11,12). The van der Waals surface area contributed by atoms with Gasteiger partial charge in [-0.05, 0) is 12.3 Å². The molecule has 0 bridgehead atoms. The fourth-order valence-electron chi connectivity index (χ4n) is 1.30. The molecule has 0 aromatic rings. The maximum atomic E-state index is 11.0. The Bertz CT molecular complexity index is 351. The fraction of sp³-hybridized carbons (Fsp3) is 0.889. The van der Waals surface area contributed by atoms with Gasteiger partial charge in [-0.3, -0.25) is 9.62 Å². The molecule has 0 atom stereocenters. The number of sulfonamides is 1. The van der Waals surface area contributed by atoms with Crippen LogP contribution in [-0.4, -0.2) is 45.4 Å². The zero-order valence-electron chi connectivity index (χ0n) is 10.0. The van der Waals surface area contributed by atoms with E-state index in [1.54, 1.807) is 0 Å². The monoisotopic (exact) mass is 248 g/mol. The van der Waals surface area contributed by atoms with Gasteiger partial charge < -0.3 is 5.32 Å². The minimum absolute atomic E-state index is 0.336. The lowest BCUT2D eigenvalue weighted by atomic mass is 10.1. The summed E-state index contributed by atoms with van der Waals surface area (Å²) in [5.41, 5.74) is 0. The molecule has 0 amide bonds. The van der Waals surface area contributed by atoms with Crippen molar-refractivity contribution < 1.29 is 8.42 Å². The summed E-state index contributed by atoms with van der Waals surface area (Å²) in [5, 5.41) is 2.94. The van der Waals surface area contributed by atoms with Gasteiger partial charge in [-0.2, -0.15) is 0 Å². The van der Waals surface area contributed by atoms with Gasteiger partial charge in [-0.1, -0.05) is 13.8 Å². The van der Waals surface area contributed by atoms with Crippen molar-refractivity contribution in [3.8, 4) is 0 Å². The third kappa shape index (κ3) is 5.32. The topological polar surface area (TPSA) is 73.8 Å². The Morgan fingerprint density at radius 1 is 1.56 bits per heavy atom. The molecule has 0 fully saturated rings. The maximum absolute atomic E-state index is 11.0. The van der Waals surface area contributed by atoms with Gasteiger partial charge in [0.05, 0.1) is 19.6 Å². The number of rotatable bonds is 4. The predicted octanol–water partition coefficient (Wildman–Crippen LogP) is -0.242. The molecule has 1 aliphatic rings. The van der Waals surface area contributed by atoms with E-state index in [1.807, 2.05) is 0 Å². The Morgan fingerprint density at radius 2 is 2.25 bits per heavy atom. The number of hydrogen-bond acceptors (Lipinski definition) is 5. The molecular weight excluding hydrogens is 228 g/mol. The minimum atomic E-state index is -3.23. The van der Waals surface area contributed by atoms with Crippen molar-refractivity contribution >= 4 is 16.0 Å². The van der Waals surface area contributed by atoms with E-state index in [9.17, 15) is 8.42 Å². The van der Waals surface area contributed by atoms with Crippen LogP contribution >= 0.6 is 0 Å². The Balaban J connectivity index is 2.37. The van der Waals surface area contributed by atoms with E-state index in [2.05, 4.69) is 33.8 Å². The van der Waals surface area contributed by atoms with E-state index in [0.29, 0.717) is 25.2 Å². The van der Waals surface area contributed by atoms with Crippen LogP contribution in [0.25, 0.3) is 0 Å². The molecule has 0 aromatic carbocycles.